The highest BCUT2D eigenvalue weighted by atomic mass is 32.1. The number of carbonyl (C=O) groups is 1. The number of methoxy groups -OCH3 is 2. The summed E-state index contributed by atoms with van der Waals surface area (Å²) in [4.78, 5) is 29.5. The van der Waals surface area contributed by atoms with Gasteiger partial charge in [0.2, 0.25) is 5.91 Å². The number of amides is 1. The molecule has 0 aliphatic carbocycles. The van der Waals surface area contributed by atoms with E-state index in [1.807, 2.05) is 55.6 Å². The van der Waals surface area contributed by atoms with Gasteiger partial charge in [0.15, 0.2) is 11.5 Å². The summed E-state index contributed by atoms with van der Waals surface area (Å²) in [5.41, 5.74) is 5.24. The number of aromatic nitrogens is 3. The molecule has 0 unspecified atom stereocenters. The minimum atomic E-state index is -0.321. The lowest BCUT2D eigenvalue weighted by Crippen LogP contribution is -2.34. The van der Waals surface area contributed by atoms with E-state index in [9.17, 15) is 9.59 Å². The molecule has 8 nitrogen and oxygen atoms in total. The lowest BCUT2D eigenvalue weighted by molar-refractivity contribution is -0.121. The predicted octanol–water partition coefficient (Wildman–Crippen LogP) is 4.03. The number of aryl methyl sites for hydroxylation is 2. The summed E-state index contributed by atoms with van der Waals surface area (Å²) >= 11 is 1.52. The zero-order valence-corrected chi connectivity index (χ0v) is 21.5. The Bertz CT molecular complexity index is 1440. The van der Waals surface area contributed by atoms with Crippen LogP contribution in [0.15, 0.2) is 58.7 Å². The predicted molar refractivity (Wildman–Crippen MR) is 141 cm³/mol. The first-order valence-electron chi connectivity index (χ1n) is 11.5. The number of benzene rings is 2. The third-order valence-corrected chi connectivity index (χ3v) is 6.65. The Morgan fingerprint density at radius 2 is 1.83 bits per heavy atom. The van der Waals surface area contributed by atoms with Crippen molar-refractivity contribution in [2.45, 2.75) is 26.8 Å². The van der Waals surface area contributed by atoms with Gasteiger partial charge < -0.3 is 14.8 Å². The quantitative estimate of drug-likeness (QED) is 0.370. The highest BCUT2D eigenvalue weighted by Crippen LogP contribution is 2.33. The van der Waals surface area contributed by atoms with E-state index >= 15 is 0 Å². The summed E-state index contributed by atoms with van der Waals surface area (Å²) in [6, 6.07) is 14.9. The molecule has 0 bridgehead atoms. The van der Waals surface area contributed by atoms with Crippen molar-refractivity contribution in [1.82, 2.24) is 20.1 Å². The van der Waals surface area contributed by atoms with Crippen LogP contribution in [0.1, 0.15) is 16.8 Å². The number of thiazole rings is 1. The Kier molecular flexibility index (Phi) is 7.80. The molecule has 0 fully saturated rings. The Morgan fingerprint density at radius 3 is 2.61 bits per heavy atom. The molecule has 2 heterocycles. The van der Waals surface area contributed by atoms with Crippen molar-refractivity contribution in [3.8, 4) is 33.3 Å². The highest BCUT2D eigenvalue weighted by molar-refractivity contribution is 7.13. The van der Waals surface area contributed by atoms with Crippen LogP contribution in [0.3, 0.4) is 0 Å². The van der Waals surface area contributed by atoms with Crippen molar-refractivity contribution in [2.24, 2.45) is 0 Å². The van der Waals surface area contributed by atoms with Gasteiger partial charge in [-0.25, -0.2) is 9.67 Å². The molecular weight excluding hydrogens is 476 g/mol. The number of hydrogen-bond donors (Lipinski definition) is 1. The molecule has 0 saturated carbocycles. The van der Waals surface area contributed by atoms with Crippen LogP contribution in [-0.4, -0.2) is 41.4 Å². The third-order valence-electron chi connectivity index (χ3n) is 5.71. The van der Waals surface area contributed by atoms with E-state index in [1.165, 1.54) is 22.1 Å². The van der Waals surface area contributed by atoms with E-state index in [4.69, 9.17) is 9.47 Å². The number of hydrogen-bond acceptors (Lipinski definition) is 7. The Balaban J connectivity index is 1.36. The Morgan fingerprint density at radius 1 is 1.03 bits per heavy atom. The molecule has 9 heteroatoms. The minimum Gasteiger partial charge on any atom is -0.493 e. The molecule has 1 amide bonds. The second kappa shape index (κ2) is 11.2. The number of rotatable bonds is 9. The summed E-state index contributed by atoms with van der Waals surface area (Å²) in [6.07, 6.45) is 0.570. The largest absolute Gasteiger partial charge is 0.493 e. The first-order chi connectivity index (χ1) is 17.4. The Labute approximate surface area is 213 Å². The van der Waals surface area contributed by atoms with E-state index in [1.54, 1.807) is 20.3 Å². The second-order valence-corrected chi connectivity index (χ2v) is 9.20. The van der Waals surface area contributed by atoms with Crippen molar-refractivity contribution in [1.29, 1.82) is 0 Å². The zero-order chi connectivity index (χ0) is 25.7. The second-order valence-electron chi connectivity index (χ2n) is 8.35. The molecule has 0 aliphatic heterocycles. The standard InChI is InChI=1S/C27H28N4O4S/c1-17-5-6-18(2)21(13-17)22-8-10-26(33)31(30-22)15-25(32)28-12-11-20-16-36-27(29-20)19-7-9-23(34-3)24(14-19)35-4/h5-10,13-14,16H,11-12,15H2,1-4H3,(H,28,32). The smallest absolute Gasteiger partial charge is 0.267 e. The fraction of sp³-hybridized carbons (Fsp3) is 0.259. The van der Waals surface area contributed by atoms with Crippen LogP contribution < -0.4 is 20.3 Å². The van der Waals surface area contributed by atoms with Gasteiger partial charge in [-0.15, -0.1) is 11.3 Å². The van der Waals surface area contributed by atoms with Gasteiger partial charge >= 0.3 is 0 Å². The molecule has 186 valence electrons. The summed E-state index contributed by atoms with van der Waals surface area (Å²) in [5, 5.41) is 10.1. The van der Waals surface area contributed by atoms with Gasteiger partial charge in [-0.1, -0.05) is 17.7 Å². The number of ether oxygens (including phenoxy) is 2. The molecule has 0 aliphatic rings. The molecule has 0 atom stereocenters. The fourth-order valence-corrected chi connectivity index (χ4v) is 4.61. The zero-order valence-electron chi connectivity index (χ0n) is 20.7. The van der Waals surface area contributed by atoms with Crippen molar-refractivity contribution in [3.63, 3.8) is 0 Å². The van der Waals surface area contributed by atoms with Crippen LogP contribution in [0.5, 0.6) is 11.5 Å². The number of nitrogens with zero attached hydrogens (tertiary/aromatic N) is 3. The van der Waals surface area contributed by atoms with Crippen LogP contribution in [0, 0.1) is 13.8 Å². The molecule has 4 rings (SSSR count). The van der Waals surface area contributed by atoms with Crippen LogP contribution in [-0.2, 0) is 17.8 Å². The lowest BCUT2D eigenvalue weighted by atomic mass is 10.0. The number of carbonyl (C=O) groups excluding carboxylic acids is 1. The van der Waals surface area contributed by atoms with Crippen LogP contribution in [0.4, 0.5) is 0 Å². The molecule has 2 aromatic heterocycles. The lowest BCUT2D eigenvalue weighted by Gasteiger charge is -2.10. The maximum atomic E-state index is 12.5. The van der Waals surface area contributed by atoms with Gasteiger partial charge in [0.1, 0.15) is 11.6 Å². The van der Waals surface area contributed by atoms with E-state index in [0.29, 0.717) is 30.2 Å². The van der Waals surface area contributed by atoms with Gasteiger partial charge in [0.05, 0.1) is 25.6 Å². The monoisotopic (exact) mass is 504 g/mol. The van der Waals surface area contributed by atoms with Crippen molar-refractivity contribution in [3.05, 3.63) is 81.1 Å². The summed E-state index contributed by atoms with van der Waals surface area (Å²) < 4.78 is 11.9. The fourth-order valence-electron chi connectivity index (χ4n) is 3.76. The SMILES string of the molecule is COc1ccc(-c2nc(CCNC(=O)Cn3nc(-c4cc(C)ccc4C)ccc3=O)cs2)cc1OC. The first kappa shape index (κ1) is 25.1. The minimum absolute atomic E-state index is 0.147. The van der Waals surface area contributed by atoms with Gasteiger partial charge in [-0.2, -0.15) is 5.10 Å². The summed E-state index contributed by atoms with van der Waals surface area (Å²) in [6.45, 7) is 4.25. The van der Waals surface area contributed by atoms with E-state index < -0.39 is 0 Å². The van der Waals surface area contributed by atoms with E-state index in [0.717, 1.165) is 33.0 Å². The van der Waals surface area contributed by atoms with Crippen LogP contribution in [0.2, 0.25) is 0 Å². The van der Waals surface area contributed by atoms with E-state index in [2.05, 4.69) is 15.4 Å². The first-order valence-corrected chi connectivity index (χ1v) is 12.3. The van der Waals surface area contributed by atoms with Gasteiger partial charge in [0, 0.05) is 35.5 Å². The van der Waals surface area contributed by atoms with Gasteiger partial charge in [0.25, 0.3) is 5.56 Å². The van der Waals surface area contributed by atoms with Crippen molar-refractivity contribution >= 4 is 17.2 Å². The van der Waals surface area contributed by atoms with Crippen LogP contribution >= 0.6 is 11.3 Å². The Hall–Kier alpha value is -3.98. The maximum absolute atomic E-state index is 12.5. The summed E-state index contributed by atoms with van der Waals surface area (Å²) in [5.74, 6) is 1.02. The average molecular weight is 505 g/mol. The number of nitrogens with one attached hydrogen (secondary N) is 1. The van der Waals surface area contributed by atoms with Gasteiger partial charge in [-0.05, 0) is 49.7 Å². The topological polar surface area (TPSA) is 95.3 Å². The third kappa shape index (κ3) is 5.80. The average Bonchev–Trinajstić information content (AvgIpc) is 3.35. The molecular formula is C27H28N4O4S. The molecule has 2 aromatic carbocycles. The molecule has 1 N–H and O–H groups in total. The van der Waals surface area contributed by atoms with E-state index in [-0.39, 0.29) is 18.0 Å². The molecule has 0 saturated heterocycles. The van der Waals surface area contributed by atoms with Crippen LogP contribution in [0.25, 0.3) is 21.8 Å². The molecule has 0 spiro atoms. The summed E-state index contributed by atoms with van der Waals surface area (Å²) in [7, 11) is 3.20. The molecule has 4 aromatic rings. The normalized spacial score (nSPS) is 10.8. The highest BCUT2D eigenvalue weighted by Gasteiger charge is 2.12. The van der Waals surface area contributed by atoms with Crippen molar-refractivity contribution in [2.75, 3.05) is 20.8 Å². The van der Waals surface area contributed by atoms with Gasteiger partial charge in [-0.3, -0.25) is 9.59 Å². The molecule has 0 radical (unpaired) electrons. The van der Waals surface area contributed by atoms with Crippen molar-refractivity contribution < 1.29 is 14.3 Å². The maximum Gasteiger partial charge on any atom is 0.267 e. The molecule has 36 heavy (non-hydrogen) atoms.